The zero-order chi connectivity index (χ0) is 20.0. The Balaban J connectivity index is 2.18. The predicted octanol–water partition coefficient (Wildman–Crippen LogP) is 6.54. The van der Waals surface area contributed by atoms with Gasteiger partial charge in [0.25, 0.3) is 0 Å². The number of aryl methyl sites for hydroxylation is 1. The number of benzene rings is 3. The summed E-state index contributed by atoms with van der Waals surface area (Å²) in [7, 11) is 0. The van der Waals surface area contributed by atoms with Crippen LogP contribution in [0.5, 0.6) is 0 Å². The number of hydrogen-bond donors (Lipinski definition) is 1. The van der Waals surface area contributed by atoms with E-state index in [2.05, 4.69) is 49.4 Å². The summed E-state index contributed by atoms with van der Waals surface area (Å²) >= 11 is 8.44. The summed E-state index contributed by atoms with van der Waals surface area (Å²) in [6.07, 6.45) is 0.763. The molecule has 2 nitrogen and oxygen atoms in total. The second-order valence-electron chi connectivity index (χ2n) is 6.74. The molecule has 28 heavy (non-hydrogen) atoms. The molecule has 3 aromatic carbocycles. The van der Waals surface area contributed by atoms with E-state index in [0.717, 1.165) is 16.7 Å². The number of carbonyl (C=O) groups is 1. The summed E-state index contributed by atoms with van der Waals surface area (Å²) in [5.74, 6) is -0.0562. The van der Waals surface area contributed by atoms with Crippen LogP contribution in [0.1, 0.15) is 35.1 Å². The Kier molecular flexibility index (Phi) is 6.82. The molecule has 0 aliphatic rings. The highest BCUT2D eigenvalue weighted by Gasteiger charge is 2.38. The monoisotopic (exact) mass is 410 g/mol. The molecule has 0 bridgehead atoms. The lowest BCUT2D eigenvalue weighted by molar-refractivity contribution is -0.137. The van der Waals surface area contributed by atoms with Crippen molar-refractivity contribution >= 4 is 29.3 Å². The Morgan fingerprint density at radius 1 is 0.929 bits per heavy atom. The van der Waals surface area contributed by atoms with Gasteiger partial charge in [-0.05, 0) is 41.9 Å². The van der Waals surface area contributed by atoms with Gasteiger partial charge in [-0.15, -0.1) is 11.8 Å². The van der Waals surface area contributed by atoms with Gasteiger partial charge in [0, 0.05) is 11.4 Å². The van der Waals surface area contributed by atoms with Gasteiger partial charge >= 0.3 is 5.97 Å². The summed E-state index contributed by atoms with van der Waals surface area (Å²) in [6.45, 7) is 2.07. The number of aliphatic carboxylic acids is 1. The van der Waals surface area contributed by atoms with Gasteiger partial charge < -0.3 is 5.11 Å². The molecule has 3 aromatic rings. The lowest BCUT2D eigenvalue weighted by Gasteiger charge is -2.36. The minimum Gasteiger partial charge on any atom is -0.481 e. The van der Waals surface area contributed by atoms with Crippen LogP contribution in [0.4, 0.5) is 0 Å². The Morgan fingerprint density at radius 2 is 1.54 bits per heavy atom. The van der Waals surface area contributed by atoms with Crippen LogP contribution < -0.4 is 0 Å². The highest BCUT2D eigenvalue weighted by Crippen LogP contribution is 2.50. The largest absolute Gasteiger partial charge is 0.481 e. The normalized spacial score (nSPS) is 13.1. The van der Waals surface area contributed by atoms with Gasteiger partial charge in [-0.1, -0.05) is 90.0 Å². The minimum atomic E-state index is -0.765. The molecule has 0 heterocycles. The summed E-state index contributed by atoms with van der Waals surface area (Å²) < 4.78 is -0.508. The molecule has 0 saturated carbocycles. The summed E-state index contributed by atoms with van der Waals surface area (Å²) in [5, 5.41) is 9.74. The van der Waals surface area contributed by atoms with Crippen LogP contribution in [0.15, 0.2) is 78.9 Å². The number of carboxylic acid groups (broad SMARTS) is 1. The van der Waals surface area contributed by atoms with Crippen molar-refractivity contribution in [2.45, 2.75) is 24.5 Å². The Bertz CT molecular complexity index is 925. The number of rotatable bonds is 8. The second-order valence-corrected chi connectivity index (χ2v) is 8.46. The first-order valence-corrected chi connectivity index (χ1v) is 10.6. The van der Waals surface area contributed by atoms with Gasteiger partial charge in [0.15, 0.2) is 0 Å². The van der Waals surface area contributed by atoms with E-state index in [0.29, 0.717) is 17.2 Å². The second kappa shape index (κ2) is 9.31. The van der Waals surface area contributed by atoms with E-state index in [1.165, 1.54) is 5.56 Å². The lowest BCUT2D eigenvalue weighted by atomic mass is 9.83. The summed E-state index contributed by atoms with van der Waals surface area (Å²) in [4.78, 5) is 11.0. The Labute approximate surface area is 175 Å². The topological polar surface area (TPSA) is 37.3 Å². The van der Waals surface area contributed by atoms with E-state index in [1.54, 1.807) is 11.8 Å². The SMILES string of the molecule is Cc1ccc(C(SCCCC(=O)O)(c2ccccc2)c2ccccc2Cl)cc1. The smallest absolute Gasteiger partial charge is 0.303 e. The maximum Gasteiger partial charge on any atom is 0.303 e. The Morgan fingerprint density at radius 3 is 2.18 bits per heavy atom. The van der Waals surface area contributed by atoms with Crippen molar-refractivity contribution in [1.29, 1.82) is 0 Å². The van der Waals surface area contributed by atoms with E-state index < -0.39 is 10.7 Å². The van der Waals surface area contributed by atoms with Crippen LogP contribution in [-0.4, -0.2) is 16.8 Å². The van der Waals surface area contributed by atoms with Gasteiger partial charge in [0.05, 0.1) is 4.75 Å². The maximum atomic E-state index is 11.0. The van der Waals surface area contributed by atoms with Crippen LogP contribution in [0.25, 0.3) is 0 Å². The third-order valence-corrected chi connectivity index (χ3v) is 6.69. The first-order chi connectivity index (χ1) is 13.5. The molecule has 0 aliphatic carbocycles. The average molecular weight is 411 g/mol. The molecule has 3 rings (SSSR count). The molecule has 0 aliphatic heterocycles. The fourth-order valence-corrected chi connectivity index (χ4v) is 5.25. The van der Waals surface area contributed by atoms with Crippen LogP contribution in [0, 0.1) is 6.92 Å². The third kappa shape index (κ3) is 4.43. The van der Waals surface area contributed by atoms with Crippen molar-refractivity contribution < 1.29 is 9.90 Å². The van der Waals surface area contributed by atoms with Crippen molar-refractivity contribution in [2.75, 3.05) is 5.75 Å². The molecule has 144 valence electrons. The number of hydrogen-bond acceptors (Lipinski definition) is 2. The van der Waals surface area contributed by atoms with Gasteiger partial charge in [-0.2, -0.15) is 0 Å². The van der Waals surface area contributed by atoms with E-state index in [4.69, 9.17) is 16.7 Å². The molecule has 1 atom stereocenters. The van der Waals surface area contributed by atoms with Crippen molar-refractivity contribution in [2.24, 2.45) is 0 Å². The third-order valence-electron chi connectivity index (χ3n) is 4.75. The quantitative estimate of drug-likeness (QED) is 0.338. The van der Waals surface area contributed by atoms with E-state index >= 15 is 0 Å². The number of halogens is 1. The Hall–Kier alpha value is -2.23. The molecular weight excluding hydrogens is 388 g/mol. The number of thioether (sulfide) groups is 1. The molecule has 4 heteroatoms. The van der Waals surface area contributed by atoms with Crippen molar-refractivity contribution in [3.05, 3.63) is 106 Å². The lowest BCUT2D eigenvalue weighted by Crippen LogP contribution is -2.26. The first kappa shape index (κ1) is 20.5. The van der Waals surface area contributed by atoms with Gasteiger partial charge in [0.1, 0.15) is 0 Å². The highest BCUT2D eigenvalue weighted by molar-refractivity contribution is 8.00. The molecule has 0 amide bonds. The molecule has 1 unspecified atom stereocenters. The molecule has 0 aromatic heterocycles. The fourth-order valence-electron chi connectivity index (χ4n) is 3.38. The van der Waals surface area contributed by atoms with E-state index in [9.17, 15) is 4.79 Å². The molecule has 0 radical (unpaired) electrons. The van der Waals surface area contributed by atoms with Crippen LogP contribution >= 0.6 is 23.4 Å². The van der Waals surface area contributed by atoms with Crippen molar-refractivity contribution in [3.63, 3.8) is 0 Å². The predicted molar refractivity (Wildman–Crippen MR) is 118 cm³/mol. The molecule has 0 spiro atoms. The van der Waals surface area contributed by atoms with E-state index in [1.807, 2.05) is 36.4 Å². The standard InChI is InChI=1S/C24H23ClO2S/c1-18-13-15-20(16-14-18)24(19-8-3-2-4-9-19,28-17-7-12-23(26)27)21-10-5-6-11-22(21)25/h2-6,8-11,13-16H,7,12,17H2,1H3,(H,26,27). The van der Waals surface area contributed by atoms with Crippen molar-refractivity contribution in [3.8, 4) is 0 Å². The molecule has 1 N–H and O–H groups in total. The minimum absolute atomic E-state index is 0.161. The summed E-state index contributed by atoms with van der Waals surface area (Å²) in [5.41, 5.74) is 4.48. The van der Waals surface area contributed by atoms with Gasteiger partial charge in [0.2, 0.25) is 0 Å². The molecule has 0 fully saturated rings. The number of carboxylic acids is 1. The zero-order valence-electron chi connectivity index (χ0n) is 15.8. The van der Waals surface area contributed by atoms with Crippen LogP contribution in [0.2, 0.25) is 5.02 Å². The molecule has 0 saturated heterocycles. The zero-order valence-corrected chi connectivity index (χ0v) is 17.3. The van der Waals surface area contributed by atoms with Gasteiger partial charge in [-0.3, -0.25) is 4.79 Å². The van der Waals surface area contributed by atoms with Gasteiger partial charge in [-0.25, -0.2) is 0 Å². The van der Waals surface area contributed by atoms with E-state index in [-0.39, 0.29) is 6.42 Å². The van der Waals surface area contributed by atoms with Crippen molar-refractivity contribution in [1.82, 2.24) is 0 Å². The van der Waals surface area contributed by atoms with Crippen LogP contribution in [0.3, 0.4) is 0 Å². The maximum absolute atomic E-state index is 11.0. The highest BCUT2D eigenvalue weighted by atomic mass is 35.5. The molecular formula is C24H23ClO2S. The fraction of sp³-hybridized carbons (Fsp3) is 0.208. The van der Waals surface area contributed by atoms with Crippen LogP contribution in [-0.2, 0) is 9.54 Å². The summed E-state index contributed by atoms with van der Waals surface area (Å²) in [6, 6.07) is 26.8. The average Bonchev–Trinajstić information content (AvgIpc) is 2.70. The first-order valence-electron chi connectivity index (χ1n) is 9.27.